The Balaban J connectivity index is 0.970. The van der Waals surface area contributed by atoms with Crippen LogP contribution in [0.25, 0.3) is 10.9 Å². The second kappa shape index (κ2) is 11.3. The number of aromatic amines is 1. The van der Waals surface area contributed by atoms with Crippen molar-refractivity contribution in [3.05, 3.63) is 94.8 Å². The van der Waals surface area contributed by atoms with Crippen LogP contribution in [0.1, 0.15) is 46.9 Å². The molecule has 2 aromatic carbocycles. The minimum atomic E-state index is -0.647. The van der Waals surface area contributed by atoms with Crippen LogP contribution >= 0.6 is 23.1 Å². The zero-order chi connectivity index (χ0) is 31.4. The maximum atomic E-state index is 13.8. The minimum absolute atomic E-state index is 0.0831. The fourth-order valence-electron chi connectivity index (χ4n) is 6.74. The van der Waals surface area contributed by atoms with Crippen molar-refractivity contribution in [2.24, 2.45) is 5.41 Å². The molecule has 3 aromatic heterocycles. The number of rotatable bonds is 8. The molecule has 0 radical (unpaired) electrons. The lowest BCUT2D eigenvalue weighted by atomic mass is 9.95. The van der Waals surface area contributed by atoms with Crippen LogP contribution in [0.5, 0.6) is 11.5 Å². The molecular weight excluding hydrogens is 621 g/mol. The summed E-state index contributed by atoms with van der Waals surface area (Å²) in [5.41, 5.74) is 2.00. The van der Waals surface area contributed by atoms with Crippen LogP contribution in [0.2, 0.25) is 0 Å². The standard InChI is InChI=1S/C34H30N6O4S2/c1-19(23-12-21-17-35-9-8-22(21)39-23)38-33(43)24-14-34(16-30-36-10-11-45-30)15-29(34)40(24)31(41)18-37-32(42)20-6-7-28-26(13-20)44-25-4-2-3-5-27(25)46-28/h2-13,17,19,24,29,39H,14-16,18H2,1H3,(H,37,42)(H,38,43)/t19-,24+,29+,34-/m1/s1. The van der Waals surface area contributed by atoms with Crippen LogP contribution in [-0.4, -0.2) is 56.2 Å². The van der Waals surface area contributed by atoms with Gasteiger partial charge in [0.1, 0.15) is 17.5 Å². The molecule has 2 fully saturated rings. The van der Waals surface area contributed by atoms with Crippen molar-refractivity contribution < 1.29 is 19.1 Å². The van der Waals surface area contributed by atoms with Crippen LogP contribution < -0.4 is 15.4 Å². The van der Waals surface area contributed by atoms with Gasteiger partial charge in [-0.05, 0) is 62.2 Å². The van der Waals surface area contributed by atoms with Crippen molar-refractivity contribution in [2.45, 2.75) is 54.1 Å². The lowest BCUT2D eigenvalue weighted by molar-refractivity contribution is -0.139. The van der Waals surface area contributed by atoms with Gasteiger partial charge >= 0.3 is 0 Å². The molecule has 5 heterocycles. The summed E-state index contributed by atoms with van der Waals surface area (Å²) in [5, 5.41) is 9.83. The molecule has 46 heavy (non-hydrogen) atoms. The van der Waals surface area contributed by atoms with Crippen LogP contribution in [0.3, 0.4) is 0 Å². The third-order valence-corrected chi connectivity index (χ3v) is 11.1. The molecule has 0 unspecified atom stereocenters. The second-order valence-electron chi connectivity index (χ2n) is 12.1. The molecule has 0 spiro atoms. The number of piperidine rings is 1. The van der Waals surface area contributed by atoms with Gasteiger partial charge in [0, 0.05) is 64.0 Å². The first-order valence-electron chi connectivity index (χ1n) is 15.2. The maximum Gasteiger partial charge on any atom is 0.251 e. The van der Waals surface area contributed by atoms with Crippen LogP contribution in [0.15, 0.2) is 88.4 Å². The Kier molecular flexibility index (Phi) is 7.06. The number of benzene rings is 2. The average Bonchev–Trinajstić information content (AvgIpc) is 3.45. The van der Waals surface area contributed by atoms with E-state index in [0.717, 1.165) is 50.0 Å². The number of carbonyl (C=O) groups excluding carboxylic acids is 3. The number of hydrogen-bond acceptors (Lipinski definition) is 8. The van der Waals surface area contributed by atoms with Crippen molar-refractivity contribution in [3.63, 3.8) is 0 Å². The number of carbonyl (C=O) groups is 3. The Labute approximate surface area is 273 Å². The van der Waals surface area contributed by atoms with E-state index in [2.05, 4.69) is 25.6 Å². The highest BCUT2D eigenvalue weighted by atomic mass is 32.2. The molecule has 1 saturated heterocycles. The highest BCUT2D eigenvalue weighted by molar-refractivity contribution is 7.99. The molecule has 1 aliphatic carbocycles. The number of aromatic nitrogens is 3. The van der Waals surface area contributed by atoms with Crippen molar-refractivity contribution in [1.82, 2.24) is 30.5 Å². The summed E-state index contributed by atoms with van der Waals surface area (Å²) in [6, 6.07) is 15.9. The van der Waals surface area contributed by atoms with Crippen LogP contribution in [0, 0.1) is 5.41 Å². The highest BCUT2D eigenvalue weighted by Gasteiger charge is 2.67. The summed E-state index contributed by atoms with van der Waals surface area (Å²) in [6.45, 7) is 1.70. The van der Waals surface area contributed by atoms with E-state index in [9.17, 15) is 14.4 Å². The van der Waals surface area contributed by atoms with Gasteiger partial charge in [0.05, 0.1) is 27.4 Å². The van der Waals surface area contributed by atoms with E-state index in [1.807, 2.05) is 54.8 Å². The first-order chi connectivity index (χ1) is 22.4. The molecule has 0 bridgehead atoms. The number of amides is 3. The zero-order valence-electron chi connectivity index (χ0n) is 24.9. The van der Waals surface area contributed by atoms with Gasteiger partial charge in [0.25, 0.3) is 5.91 Å². The number of likely N-dealkylation sites (tertiary alicyclic amines) is 1. The Morgan fingerprint density at radius 3 is 2.80 bits per heavy atom. The molecule has 2 aliphatic heterocycles. The first-order valence-corrected chi connectivity index (χ1v) is 16.9. The molecule has 4 atom stereocenters. The van der Waals surface area contributed by atoms with E-state index in [0.29, 0.717) is 17.7 Å². The molecule has 3 amide bonds. The largest absolute Gasteiger partial charge is 0.455 e. The Bertz CT molecular complexity index is 1960. The number of hydrogen-bond donors (Lipinski definition) is 3. The van der Waals surface area contributed by atoms with Gasteiger partial charge in [-0.2, -0.15) is 0 Å². The predicted molar refractivity (Wildman–Crippen MR) is 174 cm³/mol. The zero-order valence-corrected chi connectivity index (χ0v) is 26.5. The van der Waals surface area contributed by atoms with Gasteiger partial charge in [-0.25, -0.2) is 4.98 Å². The summed E-state index contributed by atoms with van der Waals surface area (Å²) in [5.74, 6) is 0.479. The number of thiazole rings is 1. The minimum Gasteiger partial charge on any atom is -0.455 e. The van der Waals surface area contributed by atoms with Crippen molar-refractivity contribution in [1.29, 1.82) is 0 Å². The summed E-state index contributed by atoms with van der Waals surface area (Å²) >= 11 is 3.17. The first kappa shape index (κ1) is 28.8. The third kappa shape index (κ3) is 5.21. The predicted octanol–water partition coefficient (Wildman–Crippen LogP) is 5.49. The Morgan fingerprint density at radius 1 is 1.09 bits per heavy atom. The summed E-state index contributed by atoms with van der Waals surface area (Å²) in [6.07, 6.45) is 7.36. The fourth-order valence-corrected chi connectivity index (χ4v) is 8.45. The molecule has 232 valence electrons. The molecule has 3 aliphatic rings. The van der Waals surface area contributed by atoms with Crippen LogP contribution in [-0.2, 0) is 16.0 Å². The second-order valence-corrected chi connectivity index (χ2v) is 14.2. The van der Waals surface area contributed by atoms with Gasteiger partial charge in [-0.3, -0.25) is 19.4 Å². The van der Waals surface area contributed by atoms with Crippen LogP contribution in [0.4, 0.5) is 0 Å². The van der Waals surface area contributed by atoms with E-state index in [1.54, 1.807) is 58.7 Å². The van der Waals surface area contributed by atoms with Gasteiger partial charge < -0.3 is 25.3 Å². The van der Waals surface area contributed by atoms with E-state index in [1.165, 1.54) is 0 Å². The molecule has 12 heteroatoms. The van der Waals surface area contributed by atoms with E-state index >= 15 is 0 Å². The summed E-state index contributed by atoms with van der Waals surface area (Å²) in [4.78, 5) is 56.5. The normalized spacial score (nSPS) is 21.5. The molecule has 1 saturated carbocycles. The van der Waals surface area contributed by atoms with E-state index in [-0.39, 0.29) is 41.8 Å². The molecule has 5 aromatic rings. The maximum absolute atomic E-state index is 13.8. The summed E-state index contributed by atoms with van der Waals surface area (Å²) in [7, 11) is 0. The number of fused-ring (bicyclic) bond motifs is 4. The topological polar surface area (TPSA) is 129 Å². The number of pyridine rings is 1. The fraction of sp³-hybridized carbons (Fsp3) is 0.265. The van der Waals surface area contributed by atoms with E-state index < -0.39 is 6.04 Å². The number of H-pyrrole nitrogens is 1. The van der Waals surface area contributed by atoms with Crippen molar-refractivity contribution in [3.8, 4) is 11.5 Å². The molecular formula is C34H30N6O4S2. The van der Waals surface area contributed by atoms with Crippen molar-refractivity contribution >= 4 is 51.7 Å². The number of para-hydroxylation sites is 1. The Morgan fingerprint density at radius 2 is 1.96 bits per heavy atom. The number of ether oxygens (including phenoxy) is 1. The summed E-state index contributed by atoms with van der Waals surface area (Å²) < 4.78 is 6.04. The lowest BCUT2D eigenvalue weighted by Gasteiger charge is -2.28. The van der Waals surface area contributed by atoms with Crippen molar-refractivity contribution in [2.75, 3.05) is 6.54 Å². The monoisotopic (exact) mass is 650 g/mol. The lowest BCUT2D eigenvalue weighted by Crippen LogP contribution is -2.51. The quantitative estimate of drug-likeness (QED) is 0.199. The molecule has 3 N–H and O–H groups in total. The third-order valence-electron chi connectivity index (χ3n) is 9.16. The van der Waals surface area contributed by atoms with Gasteiger partial charge in [0.2, 0.25) is 11.8 Å². The number of nitrogens with zero attached hydrogens (tertiary/aromatic N) is 3. The van der Waals surface area contributed by atoms with E-state index in [4.69, 9.17) is 4.74 Å². The molecule has 10 nitrogen and oxygen atoms in total. The SMILES string of the molecule is C[C@@H](NC(=O)[C@@H]1C[C@]2(Cc3nccs3)C[C@@H]2N1C(=O)CNC(=O)c1ccc2c(c1)Oc1ccccc1S2)c1cc2cnccc2[nH]1. The van der Waals surface area contributed by atoms with Gasteiger partial charge in [-0.1, -0.05) is 23.9 Å². The smallest absolute Gasteiger partial charge is 0.251 e. The number of nitrogens with one attached hydrogen (secondary N) is 3. The highest BCUT2D eigenvalue weighted by Crippen LogP contribution is 2.61. The Hall–Kier alpha value is -4.68. The van der Waals surface area contributed by atoms with Gasteiger partial charge in [-0.15, -0.1) is 11.3 Å². The average molecular weight is 651 g/mol. The molecule has 8 rings (SSSR count). The van der Waals surface area contributed by atoms with Gasteiger partial charge in [0.15, 0.2) is 0 Å².